The monoisotopic (exact) mass is 423 g/mol. The molecule has 4 aliphatic carbocycles. The van der Waals surface area contributed by atoms with Crippen LogP contribution in [0.1, 0.15) is 89.0 Å². The quantitative estimate of drug-likeness (QED) is 0.279. The summed E-state index contributed by atoms with van der Waals surface area (Å²) in [6.07, 6.45) is 18.6. The maximum absolute atomic E-state index is 12.5. The molecule has 5 rings (SSSR count). The summed E-state index contributed by atoms with van der Waals surface area (Å²) in [5, 5.41) is 3.47. The van der Waals surface area contributed by atoms with Crippen LogP contribution >= 0.6 is 0 Å². The van der Waals surface area contributed by atoms with E-state index in [0.717, 1.165) is 57.2 Å². The maximum Gasteiger partial charge on any atom is 0.220 e. The van der Waals surface area contributed by atoms with Crippen LogP contribution < -0.4 is 5.32 Å². The Bertz CT molecular complexity index is 728. The Morgan fingerprint density at radius 1 is 0.968 bits per heavy atom. The lowest BCUT2D eigenvalue weighted by atomic mass is 9.57. The molecular weight excluding hydrogens is 382 g/mol. The zero-order chi connectivity index (χ0) is 21.4. The molecule has 1 amide bonds. The molecule has 4 aliphatic rings. The van der Waals surface area contributed by atoms with Gasteiger partial charge in [0.2, 0.25) is 5.91 Å². The molecule has 3 nitrogen and oxygen atoms in total. The van der Waals surface area contributed by atoms with E-state index in [1.807, 2.05) is 0 Å². The molecule has 0 spiro atoms. The van der Waals surface area contributed by atoms with Crippen LogP contribution in [0.3, 0.4) is 0 Å². The summed E-state index contributed by atoms with van der Waals surface area (Å²) in [6.45, 7) is 1.75. The Kier molecular flexibility index (Phi) is 8.24. The van der Waals surface area contributed by atoms with Crippen molar-refractivity contribution in [2.24, 2.45) is 11.8 Å². The fraction of sp³-hybridized carbons (Fsp3) is 0.679. The molecule has 0 radical (unpaired) electrons. The zero-order valence-corrected chi connectivity index (χ0v) is 19.2. The normalized spacial score (nSPS) is 26.1. The minimum Gasteiger partial charge on any atom is -0.381 e. The van der Waals surface area contributed by atoms with Gasteiger partial charge in [0.05, 0.1) is 0 Å². The van der Waals surface area contributed by atoms with Crippen molar-refractivity contribution in [3.8, 4) is 0 Å². The second-order valence-electron chi connectivity index (χ2n) is 10.4. The van der Waals surface area contributed by atoms with Crippen LogP contribution in [0, 0.1) is 11.8 Å². The van der Waals surface area contributed by atoms with E-state index in [0.29, 0.717) is 6.42 Å². The van der Waals surface area contributed by atoms with Gasteiger partial charge in [-0.2, -0.15) is 0 Å². The summed E-state index contributed by atoms with van der Waals surface area (Å²) >= 11 is 0. The van der Waals surface area contributed by atoms with Crippen LogP contribution in [-0.2, 0) is 16.0 Å². The molecule has 1 aromatic carbocycles. The summed E-state index contributed by atoms with van der Waals surface area (Å²) in [7, 11) is 0. The Hall–Kier alpha value is -1.61. The third-order valence-corrected chi connectivity index (χ3v) is 7.50. The van der Waals surface area contributed by atoms with E-state index in [-0.39, 0.29) is 11.4 Å². The van der Waals surface area contributed by atoms with Crippen molar-refractivity contribution in [3.63, 3.8) is 0 Å². The van der Waals surface area contributed by atoms with Crippen LogP contribution in [0.25, 0.3) is 0 Å². The van der Waals surface area contributed by atoms with Gasteiger partial charge in [0.1, 0.15) is 0 Å². The van der Waals surface area contributed by atoms with Crippen molar-refractivity contribution >= 4 is 5.91 Å². The first-order valence-electron chi connectivity index (χ1n) is 12.8. The number of amides is 1. The van der Waals surface area contributed by atoms with E-state index in [4.69, 9.17) is 4.74 Å². The molecule has 0 aliphatic heterocycles. The number of nitrogens with one attached hydrogen (secondary N) is 1. The lowest BCUT2D eigenvalue weighted by molar-refractivity contribution is -0.124. The number of ether oxygens (including phenoxy) is 1. The number of carbonyl (C=O) groups is 1. The van der Waals surface area contributed by atoms with Gasteiger partial charge >= 0.3 is 0 Å². The molecule has 1 aromatic rings. The van der Waals surface area contributed by atoms with E-state index in [9.17, 15) is 4.79 Å². The van der Waals surface area contributed by atoms with Gasteiger partial charge in [-0.25, -0.2) is 0 Å². The Labute approximate surface area is 189 Å². The number of hydrogen-bond acceptors (Lipinski definition) is 2. The fourth-order valence-corrected chi connectivity index (χ4v) is 6.30. The number of benzene rings is 1. The summed E-state index contributed by atoms with van der Waals surface area (Å²) < 4.78 is 5.79. The number of hydrogen-bond donors (Lipinski definition) is 1. The van der Waals surface area contributed by atoms with Crippen LogP contribution in [0.4, 0.5) is 0 Å². The number of unbranched alkanes of at least 4 members (excludes halogenated alkanes) is 5. The summed E-state index contributed by atoms with van der Waals surface area (Å²) in [6, 6.07) is 10.7. The molecule has 4 bridgehead atoms. The van der Waals surface area contributed by atoms with Crippen molar-refractivity contribution in [1.82, 2.24) is 5.32 Å². The average Bonchev–Trinajstić information content (AvgIpc) is 2.74. The van der Waals surface area contributed by atoms with Crippen LogP contribution in [0.15, 0.2) is 42.0 Å². The molecular formula is C28H41NO2. The second kappa shape index (κ2) is 11.3. The number of rotatable bonds is 14. The predicted octanol–water partition coefficient (Wildman–Crippen LogP) is 6.37. The molecule has 31 heavy (non-hydrogen) atoms. The first-order valence-corrected chi connectivity index (χ1v) is 12.8. The molecule has 170 valence electrons. The molecule has 0 aromatic heterocycles. The standard InChI is InChI=1S/C28H41NO2/c30-27(29-28-20-24-17-25(21-28)19-26(18-24)22-28)14-8-1-2-9-15-31-16-10-4-7-13-23-11-5-3-6-12-23/h3,5-6,11-12,17,24,26H,1-2,4,7-10,13-16,18-22H2,(H,29,30). The van der Waals surface area contributed by atoms with Gasteiger partial charge in [0, 0.05) is 25.2 Å². The Morgan fingerprint density at radius 2 is 1.74 bits per heavy atom. The first-order chi connectivity index (χ1) is 15.2. The minimum atomic E-state index is 0.113. The van der Waals surface area contributed by atoms with Gasteiger partial charge in [-0.05, 0) is 81.6 Å². The van der Waals surface area contributed by atoms with Crippen molar-refractivity contribution in [2.75, 3.05) is 13.2 Å². The highest BCUT2D eigenvalue weighted by Gasteiger charge is 2.47. The summed E-state index contributed by atoms with van der Waals surface area (Å²) in [4.78, 5) is 12.5. The van der Waals surface area contributed by atoms with E-state index in [1.165, 1.54) is 56.9 Å². The van der Waals surface area contributed by atoms with E-state index < -0.39 is 0 Å². The molecule has 2 saturated carbocycles. The van der Waals surface area contributed by atoms with Crippen molar-refractivity contribution in [1.29, 1.82) is 0 Å². The molecule has 0 heterocycles. The maximum atomic E-state index is 12.5. The third-order valence-electron chi connectivity index (χ3n) is 7.50. The average molecular weight is 424 g/mol. The van der Waals surface area contributed by atoms with Gasteiger partial charge in [-0.1, -0.05) is 61.2 Å². The number of carbonyl (C=O) groups excluding carboxylic acids is 1. The molecule has 3 atom stereocenters. The third kappa shape index (κ3) is 6.94. The van der Waals surface area contributed by atoms with E-state index in [2.05, 4.69) is 41.7 Å². The molecule has 0 saturated heterocycles. The van der Waals surface area contributed by atoms with Gasteiger partial charge < -0.3 is 10.1 Å². The van der Waals surface area contributed by atoms with Gasteiger partial charge in [-0.3, -0.25) is 4.79 Å². The van der Waals surface area contributed by atoms with Crippen molar-refractivity contribution in [2.45, 2.75) is 95.4 Å². The van der Waals surface area contributed by atoms with E-state index >= 15 is 0 Å². The molecule has 3 unspecified atom stereocenters. The lowest BCUT2D eigenvalue weighted by Crippen LogP contribution is -2.57. The van der Waals surface area contributed by atoms with Gasteiger partial charge in [0.15, 0.2) is 0 Å². The van der Waals surface area contributed by atoms with Crippen molar-refractivity contribution in [3.05, 3.63) is 47.5 Å². The van der Waals surface area contributed by atoms with Gasteiger partial charge in [0.25, 0.3) is 0 Å². The van der Waals surface area contributed by atoms with Crippen LogP contribution in [0.2, 0.25) is 0 Å². The SMILES string of the molecule is O=C(CCCCCCOCCCCCc1ccccc1)NC12CC3=CC(CC(C3)C1)C2. The summed E-state index contributed by atoms with van der Waals surface area (Å²) in [5.41, 5.74) is 3.17. The number of allylic oxidation sites excluding steroid dienone is 1. The molecule has 2 fully saturated rings. The van der Waals surface area contributed by atoms with Gasteiger partial charge in [-0.15, -0.1) is 0 Å². The Balaban J connectivity index is 0.956. The summed E-state index contributed by atoms with van der Waals surface area (Å²) in [5.74, 6) is 1.85. The highest BCUT2D eigenvalue weighted by molar-refractivity contribution is 5.77. The largest absolute Gasteiger partial charge is 0.381 e. The predicted molar refractivity (Wildman–Crippen MR) is 127 cm³/mol. The minimum absolute atomic E-state index is 0.113. The molecule has 3 heteroatoms. The zero-order valence-electron chi connectivity index (χ0n) is 19.2. The first kappa shape index (κ1) is 22.6. The fourth-order valence-electron chi connectivity index (χ4n) is 6.30. The topological polar surface area (TPSA) is 38.3 Å². The lowest BCUT2D eigenvalue weighted by Gasteiger charge is -2.53. The van der Waals surface area contributed by atoms with Crippen molar-refractivity contribution < 1.29 is 9.53 Å². The Morgan fingerprint density at radius 3 is 2.52 bits per heavy atom. The van der Waals surface area contributed by atoms with Crippen LogP contribution in [0.5, 0.6) is 0 Å². The molecule has 1 N–H and O–H groups in total. The highest BCUT2D eigenvalue weighted by atomic mass is 16.5. The van der Waals surface area contributed by atoms with Crippen LogP contribution in [-0.4, -0.2) is 24.7 Å². The number of aryl methyl sites for hydroxylation is 1. The highest BCUT2D eigenvalue weighted by Crippen LogP contribution is 2.52. The smallest absolute Gasteiger partial charge is 0.220 e. The van der Waals surface area contributed by atoms with E-state index in [1.54, 1.807) is 5.57 Å². The second-order valence-corrected chi connectivity index (χ2v) is 10.4.